The first-order valence-electron chi connectivity index (χ1n) is 14.8. The van der Waals surface area contributed by atoms with E-state index >= 15 is 0 Å². The van der Waals surface area contributed by atoms with Crippen molar-refractivity contribution in [3.05, 3.63) is 72.0 Å². The number of aromatic nitrogens is 2. The Balaban J connectivity index is 1.28. The number of nitrogen functional groups attached to an aromatic ring is 2. The molecule has 224 valence electrons. The second-order valence-electron chi connectivity index (χ2n) is 12.0. The summed E-state index contributed by atoms with van der Waals surface area (Å²) in [7, 11) is 0. The predicted octanol–water partition coefficient (Wildman–Crippen LogP) is 5.21. The van der Waals surface area contributed by atoms with E-state index in [-0.39, 0.29) is 11.9 Å². The van der Waals surface area contributed by atoms with Gasteiger partial charge < -0.3 is 21.1 Å². The van der Waals surface area contributed by atoms with Gasteiger partial charge in [0, 0.05) is 44.0 Å². The quantitative estimate of drug-likeness (QED) is 0.254. The lowest BCUT2D eigenvalue weighted by Gasteiger charge is -2.42. The Morgan fingerprint density at radius 3 is 2.62 bits per heavy atom. The summed E-state index contributed by atoms with van der Waals surface area (Å²) in [6.07, 6.45) is 9.41. The minimum absolute atomic E-state index is 0.0950. The van der Waals surface area contributed by atoms with E-state index in [4.69, 9.17) is 16.2 Å². The molecule has 1 unspecified atom stereocenters. The van der Waals surface area contributed by atoms with Gasteiger partial charge in [0.15, 0.2) is 6.10 Å². The maximum absolute atomic E-state index is 14.3. The molecule has 0 bridgehead atoms. The first kappa shape index (κ1) is 29.6. The van der Waals surface area contributed by atoms with E-state index in [1.165, 1.54) is 25.0 Å². The molecule has 0 aliphatic carbocycles. The Bertz CT molecular complexity index is 1410. The van der Waals surface area contributed by atoms with Crippen molar-refractivity contribution in [1.82, 2.24) is 19.6 Å². The number of halogens is 1. The zero-order valence-corrected chi connectivity index (χ0v) is 25.0. The molecule has 2 fully saturated rings. The maximum atomic E-state index is 14.3. The number of allylic oxidation sites excluding steroid dienone is 4. The van der Waals surface area contributed by atoms with Gasteiger partial charge in [-0.15, -0.1) is 0 Å². The van der Waals surface area contributed by atoms with E-state index in [0.717, 1.165) is 57.1 Å². The first-order chi connectivity index (χ1) is 20.2. The number of nitrogens with two attached hydrogens (primary N) is 2. The van der Waals surface area contributed by atoms with Crippen LogP contribution in [0.3, 0.4) is 0 Å². The van der Waals surface area contributed by atoms with Gasteiger partial charge in [0.05, 0.1) is 29.4 Å². The van der Waals surface area contributed by atoms with E-state index in [1.807, 2.05) is 36.7 Å². The number of nitrogens with zero attached hydrogens (tertiary/aromatic N) is 6. The summed E-state index contributed by atoms with van der Waals surface area (Å²) in [5.74, 6) is 1.02. The van der Waals surface area contributed by atoms with Crippen molar-refractivity contribution in [3.63, 3.8) is 0 Å². The van der Waals surface area contributed by atoms with Crippen LogP contribution in [0.5, 0.6) is 0 Å². The molecule has 3 aliphatic heterocycles. The third kappa shape index (κ3) is 6.43. The topological polar surface area (TPSA) is 110 Å². The van der Waals surface area contributed by atoms with Crippen LogP contribution in [0.2, 0.25) is 0 Å². The fourth-order valence-corrected chi connectivity index (χ4v) is 6.33. The molecule has 9 nitrogen and oxygen atoms in total. The molecule has 1 aromatic carbocycles. The monoisotopic (exact) mass is 574 g/mol. The number of aliphatic imine (C=N–C) groups is 2. The van der Waals surface area contributed by atoms with Gasteiger partial charge in [-0.2, -0.15) is 5.10 Å². The minimum atomic E-state index is -0.396. The Labute approximate surface area is 248 Å². The second kappa shape index (κ2) is 12.5. The molecule has 1 aromatic heterocycles. The third-order valence-corrected chi connectivity index (χ3v) is 8.55. The van der Waals surface area contributed by atoms with Crippen LogP contribution >= 0.6 is 0 Å². The summed E-state index contributed by atoms with van der Waals surface area (Å²) >= 11 is 0. The molecule has 10 heteroatoms. The van der Waals surface area contributed by atoms with Crippen molar-refractivity contribution in [2.75, 3.05) is 44.2 Å². The number of ether oxygens (including phenoxy) is 1. The number of benzene rings is 1. The lowest BCUT2D eigenvalue weighted by Crippen LogP contribution is -2.49. The zero-order valence-electron chi connectivity index (χ0n) is 25.0. The van der Waals surface area contributed by atoms with Crippen molar-refractivity contribution in [2.24, 2.45) is 15.4 Å². The van der Waals surface area contributed by atoms with Gasteiger partial charge in [0.1, 0.15) is 17.9 Å². The molecule has 3 aliphatic rings. The largest absolute Gasteiger partial charge is 0.480 e. The lowest BCUT2D eigenvalue weighted by atomic mass is 9.77. The van der Waals surface area contributed by atoms with Gasteiger partial charge in [-0.3, -0.25) is 14.6 Å². The van der Waals surface area contributed by atoms with Crippen LogP contribution in [0.4, 0.5) is 15.8 Å². The number of amidine groups is 1. The summed E-state index contributed by atoms with van der Waals surface area (Å²) in [4.78, 5) is 13.9. The minimum Gasteiger partial charge on any atom is -0.480 e. The Hall–Kier alpha value is -3.92. The SMILES string of the molecule is C=C/C(OC1CN=CN=C1N1CCC2(CCN(Cc3ccc(N)c(N)c3)C2)CC1)=C(\C=C(/C)F)c1ccnn1C(C)C. The highest BCUT2D eigenvalue weighted by Gasteiger charge is 2.42. The van der Waals surface area contributed by atoms with Crippen LogP contribution < -0.4 is 11.5 Å². The van der Waals surface area contributed by atoms with Crippen LogP contribution in [0, 0.1) is 5.41 Å². The fraction of sp³-hybridized carbons (Fsp3) is 0.469. The molecule has 1 spiro atoms. The van der Waals surface area contributed by atoms with E-state index < -0.39 is 6.10 Å². The average molecular weight is 575 g/mol. The number of hydrogen-bond acceptors (Lipinski definition) is 8. The van der Waals surface area contributed by atoms with Gasteiger partial charge in [0.25, 0.3) is 0 Å². The molecule has 4 N–H and O–H groups in total. The van der Waals surface area contributed by atoms with Crippen molar-refractivity contribution in [3.8, 4) is 0 Å². The maximum Gasteiger partial charge on any atom is 0.175 e. The molecular weight excluding hydrogens is 531 g/mol. The van der Waals surface area contributed by atoms with Crippen LogP contribution in [0.15, 0.2) is 70.8 Å². The number of anilines is 2. The summed E-state index contributed by atoms with van der Waals surface area (Å²) < 4.78 is 22.7. The summed E-state index contributed by atoms with van der Waals surface area (Å²) in [6, 6.07) is 7.92. The van der Waals surface area contributed by atoms with Crippen molar-refractivity contribution < 1.29 is 9.13 Å². The first-order valence-corrected chi connectivity index (χ1v) is 14.8. The highest BCUT2D eigenvalue weighted by Crippen LogP contribution is 2.41. The number of likely N-dealkylation sites (tertiary alicyclic amines) is 2. The van der Waals surface area contributed by atoms with Crippen LogP contribution in [0.25, 0.3) is 5.57 Å². The molecule has 0 saturated carbocycles. The second-order valence-corrected chi connectivity index (χ2v) is 12.0. The molecule has 1 atom stereocenters. The Morgan fingerprint density at radius 1 is 1.17 bits per heavy atom. The zero-order chi connectivity index (χ0) is 29.9. The van der Waals surface area contributed by atoms with Crippen molar-refractivity contribution in [2.45, 2.75) is 58.7 Å². The van der Waals surface area contributed by atoms with Crippen LogP contribution in [-0.4, -0.2) is 70.6 Å². The molecule has 4 heterocycles. The number of piperidine rings is 1. The van der Waals surface area contributed by atoms with Crippen molar-refractivity contribution >= 4 is 29.1 Å². The average Bonchev–Trinajstić information content (AvgIpc) is 3.61. The van der Waals surface area contributed by atoms with Gasteiger partial charge in [-0.05, 0) is 87.9 Å². The highest BCUT2D eigenvalue weighted by atomic mass is 19.1. The van der Waals surface area contributed by atoms with Gasteiger partial charge in [-0.1, -0.05) is 12.6 Å². The van der Waals surface area contributed by atoms with E-state index in [9.17, 15) is 4.39 Å². The summed E-state index contributed by atoms with van der Waals surface area (Å²) in [5, 5.41) is 4.44. The normalized spacial score (nSPS) is 21.5. The number of hydrogen-bond donors (Lipinski definition) is 2. The summed E-state index contributed by atoms with van der Waals surface area (Å²) in [6.45, 7) is 14.8. The summed E-state index contributed by atoms with van der Waals surface area (Å²) in [5.41, 5.74) is 16.1. The van der Waals surface area contributed by atoms with Crippen LogP contribution in [0.1, 0.15) is 57.3 Å². The van der Waals surface area contributed by atoms with Crippen molar-refractivity contribution in [1.29, 1.82) is 0 Å². The van der Waals surface area contributed by atoms with E-state index in [0.29, 0.717) is 34.7 Å². The van der Waals surface area contributed by atoms with Gasteiger partial charge in [0.2, 0.25) is 0 Å². The standard InChI is InChI=1S/C32H43FN8O/c1-5-29(25(16-23(4)33)28-8-12-38-41(28)22(2)3)42-30-18-36-21-37-31(30)40-14-10-32(11-15-40)9-13-39(20-32)19-24-6-7-26(34)27(35)17-24/h5-8,12,16-17,21-22,30H,1,9-11,13-15,18-20,34-35H2,2-4H3/b23-16+,29-25-. The molecule has 5 rings (SSSR count). The predicted molar refractivity (Wildman–Crippen MR) is 169 cm³/mol. The van der Waals surface area contributed by atoms with E-state index in [2.05, 4.69) is 37.5 Å². The smallest absolute Gasteiger partial charge is 0.175 e. The Kier molecular flexibility index (Phi) is 8.82. The fourth-order valence-electron chi connectivity index (χ4n) is 6.33. The molecule has 2 aromatic rings. The number of rotatable bonds is 8. The van der Waals surface area contributed by atoms with Gasteiger partial charge >= 0.3 is 0 Å². The molecule has 2 saturated heterocycles. The molecular formula is C32H43FN8O. The third-order valence-electron chi connectivity index (χ3n) is 8.55. The molecule has 0 radical (unpaired) electrons. The molecule has 42 heavy (non-hydrogen) atoms. The van der Waals surface area contributed by atoms with Crippen LogP contribution in [-0.2, 0) is 11.3 Å². The highest BCUT2D eigenvalue weighted by molar-refractivity contribution is 5.94. The lowest BCUT2D eigenvalue weighted by molar-refractivity contribution is 0.127. The Morgan fingerprint density at radius 2 is 1.93 bits per heavy atom. The molecule has 0 amide bonds. The van der Waals surface area contributed by atoms with E-state index in [1.54, 1.807) is 18.6 Å². The van der Waals surface area contributed by atoms with Gasteiger partial charge in [-0.25, -0.2) is 9.38 Å².